The molecule has 3 rings (SSSR count). The van der Waals surface area contributed by atoms with E-state index in [1.807, 2.05) is 26.0 Å². The van der Waals surface area contributed by atoms with Crippen molar-refractivity contribution < 1.29 is 14.7 Å². The average molecular weight is 446 g/mol. The molecular formula is C21H24BrN3O3. The number of aromatic hydroxyl groups is 1. The van der Waals surface area contributed by atoms with Gasteiger partial charge in [-0.3, -0.25) is 9.59 Å². The van der Waals surface area contributed by atoms with Crippen molar-refractivity contribution >= 4 is 33.6 Å². The Morgan fingerprint density at radius 1 is 1.29 bits per heavy atom. The van der Waals surface area contributed by atoms with Gasteiger partial charge in [-0.25, -0.2) is 4.98 Å². The SMILES string of the molecule is CC(C)c1ccc(C(=O)N2CCCC(C(=O)Nc3ccc(Br)cn3)C2)c(O)c1. The van der Waals surface area contributed by atoms with E-state index in [-0.39, 0.29) is 35.0 Å². The van der Waals surface area contributed by atoms with Crippen LogP contribution in [-0.2, 0) is 4.79 Å². The zero-order chi connectivity index (χ0) is 20.3. The number of piperidine rings is 1. The first-order chi connectivity index (χ1) is 13.3. The van der Waals surface area contributed by atoms with Crippen molar-refractivity contribution in [1.82, 2.24) is 9.88 Å². The first-order valence-electron chi connectivity index (χ1n) is 9.39. The minimum absolute atomic E-state index is 0.0122. The number of nitrogens with zero attached hydrogens (tertiary/aromatic N) is 2. The molecule has 0 bridgehead atoms. The van der Waals surface area contributed by atoms with Gasteiger partial charge in [-0.1, -0.05) is 19.9 Å². The molecule has 148 valence electrons. The summed E-state index contributed by atoms with van der Waals surface area (Å²) < 4.78 is 0.836. The van der Waals surface area contributed by atoms with Crippen LogP contribution in [0.5, 0.6) is 5.75 Å². The molecule has 1 aliphatic heterocycles. The van der Waals surface area contributed by atoms with Crippen LogP contribution in [-0.4, -0.2) is 39.9 Å². The van der Waals surface area contributed by atoms with Crippen molar-refractivity contribution in [3.63, 3.8) is 0 Å². The van der Waals surface area contributed by atoms with Gasteiger partial charge in [0.15, 0.2) is 0 Å². The number of phenols is 1. The van der Waals surface area contributed by atoms with E-state index in [4.69, 9.17) is 0 Å². The number of rotatable bonds is 4. The van der Waals surface area contributed by atoms with E-state index < -0.39 is 0 Å². The maximum atomic E-state index is 12.9. The zero-order valence-corrected chi connectivity index (χ0v) is 17.6. The van der Waals surface area contributed by atoms with Crippen molar-refractivity contribution in [3.05, 3.63) is 52.1 Å². The molecule has 2 N–H and O–H groups in total. The fourth-order valence-electron chi connectivity index (χ4n) is 3.31. The standard InChI is InChI=1S/C21H24BrN3O3/c1-13(2)14-5-7-17(18(26)10-14)21(28)25-9-3-4-15(12-25)20(27)24-19-8-6-16(22)11-23-19/h5-8,10-11,13,15,26H,3-4,9,12H2,1-2H3,(H,23,24,27). The van der Waals surface area contributed by atoms with Crippen LogP contribution in [0.3, 0.4) is 0 Å². The summed E-state index contributed by atoms with van der Waals surface area (Å²) in [5.41, 5.74) is 1.26. The number of hydrogen-bond acceptors (Lipinski definition) is 4. The lowest BCUT2D eigenvalue weighted by atomic mass is 9.95. The second kappa shape index (κ2) is 8.73. The molecule has 2 heterocycles. The number of hydrogen-bond donors (Lipinski definition) is 2. The van der Waals surface area contributed by atoms with Crippen molar-refractivity contribution in [3.8, 4) is 5.75 Å². The van der Waals surface area contributed by atoms with E-state index >= 15 is 0 Å². The Morgan fingerprint density at radius 3 is 2.71 bits per heavy atom. The van der Waals surface area contributed by atoms with Gasteiger partial charge in [0.2, 0.25) is 5.91 Å². The molecule has 0 saturated carbocycles. The lowest BCUT2D eigenvalue weighted by Crippen LogP contribution is -2.43. The van der Waals surface area contributed by atoms with E-state index in [0.717, 1.165) is 16.5 Å². The Kier molecular flexibility index (Phi) is 6.34. The van der Waals surface area contributed by atoms with E-state index in [1.54, 1.807) is 29.3 Å². The van der Waals surface area contributed by atoms with Crippen LogP contribution < -0.4 is 5.32 Å². The molecular weight excluding hydrogens is 422 g/mol. The van der Waals surface area contributed by atoms with Gasteiger partial charge in [0.1, 0.15) is 11.6 Å². The molecule has 2 aromatic rings. The zero-order valence-electron chi connectivity index (χ0n) is 16.0. The maximum absolute atomic E-state index is 12.9. The van der Waals surface area contributed by atoms with E-state index in [0.29, 0.717) is 25.3 Å². The predicted molar refractivity (Wildman–Crippen MR) is 111 cm³/mol. The van der Waals surface area contributed by atoms with E-state index in [9.17, 15) is 14.7 Å². The highest BCUT2D eigenvalue weighted by Crippen LogP contribution is 2.27. The van der Waals surface area contributed by atoms with Gasteiger partial charge < -0.3 is 15.3 Å². The smallest absolute Gasteiger partial charge is 0.257 e. The van der Waals surface area contributed by atoms with E-state index in [1.165, 1.54) is 0 Å². The number of phenolic OH excluding ortho intramolecular Hbond substituents is 1. The van der Waals surface area contributed by atoms with Gasteiger partial charge in [0.25, 0.3) is 5.91 Å². The predicted octanol–water partition coefficient (Wildman–Crippen LogP) is 4.16. The highest BCUT2D eigenvalue weighted by atomic mass is 79.9. The number of anilines is 1. The number of amides is 2. The Labute approximate surface area is 173 Å². The summed E-state index contributed by atoms with van der Waals surface area (Å²) in [5.74, 6) is 0.0461. The summed E-state index contributed by atoms with van der Waals surface area (Å²) in [5, 5.41) is 13.1. The van der Waals surface area contributed by atoms with Crippen molar-refractivity contribution in [2.75, 3.05) is 18.4 Å². The number of carbonyl (C=O) groups is 2. The van der Waals surface area contributed by atoms with Gasteiger partial charge in [0.05, 0.1) is 11.5 Å². The van der Waals surface area contributed by atoms with Gasteiger partial charge in [-0.2, -0.15) is 0 Å². The number of halogens is 1. The number of benzene rings is 1. The third-order valence-corrected chi connectivity index (χ3v) is 5.45. The van der Waals surface area contributed by atoms with E-state index in [2.05, 4.69) is 26.2 Å². The molecule has 1 saturated heterocycles. The fraction of sp³-hybridized carbons (Fsp3) is 0.381. The van der Waals surface area contributed by atoms with Crippen LogP contribution in [0.25, 0.3) is 0 Å². The molecule has 7 heteroatoms. The van der Waals surface area contributed by atoms with Crippen molar-refractivity contribution in [2.45, 2.75) is 32.6 Å². The topological polar surface area (TPSA) is 82.5 Å². The number of nitrogens with one attached hydrogen (secondary N) is 1. The maximum Gasteiger partial charge on any atom is 0.257 e. The molecule has 1 aromatic carbocycles. The summed E-state index contributed by atoms with van der Waals surface area (Å²) in [4.78, 5) is 31.3. The minimum atomic E-state index is -0.305. The molecule has 1 fully saturated rings. The van der Waals surface area contributed by atoms with Crippen LogP contribution in [0, 0.1) is 5.92 Å². The molecule has 1 atom stereocenters. The second-order valence-electron chi connectivity index (χ2n) is 7.37. The lowest BCUT2D eigenvalue weighted by Gasteiger charge is -2.32. The van der Waals surface area contributed by atoms with Crippen LogP contribution in [0.15, 0.2) is 41.0 Å². The van der Waals surface area contributed by atoms with Crippen molar-refractivity contribution in [2.24, 2.45) is 5.92 Å². The van der Waals surface area contributed by atoms with Crippen LogP contribution >= 0.6 is 15.9 Å². The Bertz CT molecular complexity index is 868. The summed E-state index contributed by atoms with van der Waals surface area (Å²) >= 11 is 3.31. The fourth-order valence-corrected chi connectivity index (χ4v) is 3.55. The molecule has 2 amide bonds. The molecule has 1 unspecified atom stereocenters. The summed E-state index contributed by atoms with van der Waals surface area (Å²) in [6.07, 6.45) is 3.07. The minimum Gasteiger partial charge on any atom is -0.507 e. The highest BCUT2D eigenvalue weighted by molar-refractivity contribution is 9.10. The Balaban J connectivity index is 1.67. The largest absolute Gasteiger partial charge is 0.507 e. The average Bonchev–Trinajstić information content (AvgIpc) is 2.69. The first-order valence-corrected chi connectivity index (χ1v) is 10.2. The molecule has 0 radical (unpaired) electrons. The molecule has 0 aliphatic carbocycles. The highest BCUT2D eigenvalue weighted by Gasteiger charge is 2.30. The van der Waals surface area contributed by atoms with Gasteiger partial charge >= 0.3 is 0 Å². The first kappa shape index (κ1) is 20.3. The second-order valence-corrected chi connectivity index (χ2v) is 8.29. The monoisotopic (exact) mass is 445 g/mol. The normalized spacial score (nSPS) is 16.9. The Morgan fingerprint density at radius 2 is 2.07 bits per heavy atom. The summed E-state index contributed by atoms with van der Waals surface area (Å²) in [6, 6.07) is 8.71. The lowest BCUT2D eigenvalue weighted by molar-refractivity contribution is -0.121. The van der Waals surface area contributed by atoms with Crippen LogP contribution in [0.1, 0.15) is 48.5 Å². The molecule has 0 spiro atoms. The van der Waals surface area contributed by atoms with Gasteiger partial charge in [0, 0.05) is 23.8 Å². The summed E-state index contributed by atoms with van der Waals surface area (Å²) in [6.45, 7) is 4.96. The number of likely N-dealkylation sites (tertiary alicyclic amines) is 1. The summed E-state index contributed by atoms with van der Waals surface area (Å²) in [7, 11) is 0. The third-order valence-electron chi connectivity index (χ3n) is 4.98. The number of carbonyl (C=O) groups excluding carboxylic acids is 2. The van der Waals surface area contributed by atoms with Crippen LogP contribution in [0.2, 0.25) is 0 Å². The number of aromatic nitrogens is 1. The van der Waals surface area contributed by atoms with Gasteiger partial charge in [-0.15, -0.1) is 0 Å². The molecule has 28 heavy (non-hydrogen) atoms. The van der Waals surface area contributed by atoms with Gasteiger partial charge in [-0.05, 0) is 64.5 Å². The Hall–Kier alpha value is -2.41. The van der Waals surface area contributed by atoms with Crippen molar-refractivity contribution in [1.29, 1.82) is 0 Å². The molecule has 1 aromatic heterocycles. The molecule has 1 aliphatic rings. The quantitative estimate of drug-likeness (QED) is 0.739. The number of pyridine rings is 1. The third kappa shape index (κ3) is 4.70. The van der Waals surface area contributed by atoms with Crippen LogP contribution in [0.4, 0.5) is 5.82 Å². The molecule has 6 nitrogen and oxygen atoms in total.